The Morgan fingerprint density at radius 1 is 1.31 bits per heavy atom. The Balaban J connectivity index is 1.83. The van der Waals surface area contributed by atoms with E-state index in [1.807, 2.05) is 0 Å². The predicted molar refractivity (Wildman–Crippen MR) is 116 cm³/mol. The first kappa shape index (κ1) is 21.1. The molecule has 1 atom stereocenters. The molecule has 32 heavy (non-hydrogen) atoms. The molecule has 1 unspecified atom stereocenters. The van der Waals surface area contributed by atoms with Crippen LogP contribution >= 0.6 is 0 Å². The number of rotatable bonds is 7. The van der Waals surface area contributed by atoms with Crippen LogP contribution in [0.3, 0.4) is 0 Å². The summed E-state index contributed by atoms with van der Waals surface area (Å²) in [6.45, 7) is 1.70. The monoisotopic (exact) mass is 435 g/mol. The number of hydrogen-bond acceptors (Lipinski definition) is 8. The zero-order chi connectivity index (χ0) is 22.7. The van der Waals surface area contributed by atoms with Crippen molar-refractivity contribution in [3.8, 4) is 0 Å². The molecule has 164 valence electrons. The zero-order valence-electron chi connectivity index (χ0n) is 17.2. The first-order valence-corrected chi connectivity index (χ1v) is 9.98. The van der Waals surface area contributed by atoms with Gasteiger partial charge in [0.25, 0.3) is 11.6 Å². The molecule has 3 heterocycles. The Morgan fingerprint density at radius 2 is 2.12 bits per heavy atom. The number of carbonyl (C=O) groups is 1. The second kappa shape index (κ2) is 8.94. The molecule has 0 radical (unpaired) electrons. The molecule has 0 fully saturated rings. The minimum Gasteiger partial charge on any atom is -0.396 e. The number of nitrogens with one attached hydrogen (secondary N) is 2. The molecule has 0 saturated heterocycles. The van der Waals surface area contributed by atoms with Gasteiger partial charge in [-0.1, -0.05) is 12.1 Å². The van der Waals surface area contributed by atoms with Crippen LogP contribution in [0, 0.1) is 10.1 Å². The van der Waals surface area contributed by atoms with E-state index in [1.54, 1.807) is 43.5 Å². The number of nitro benzene ring substituents is 1. The minimum atomic E-state index is -0.875. The van der Waals surface area contributed by atoms with Gasteiger partial charge in [-0.25, -0.2) is 4.68 Å². The number of amides is 1. The molecular weight excluding hydrogens is 414 g/mol. The molecule has 0 aliphatic carbocycles. The number of aryl methyl sites for hydroxylation is 1. The van der Waals surface area contributed by atoms with E-state index in [2.05, 4.69) is 25.7 Å². The molecule has 0 spiro atoms. The van der Waals surface area contributed by atoms with Gasteiger partial charge >= 0.3 is 0 Å². The molecule has 1 amide bonds. The van der Waals surface area contributed by atoms with Gasteiger partial charge in [0.15, 0.2) is 5.82 Å². The fourth-order valence-corrected chi connectivity index (χ4v) is 3.64. The number of carbonyl (C=O) groups excluding carboxylic acids is 1. The summed E-state index contributed by atoms with van der Waals surface area (Å²) in [6.07, 6.45) is 4.00. The number of anilines is 2. The van der Waals surface area contributed by atoms with Crippen molar-refractivity contribution in [3.63, 3.8) is 0 Å². The van der Waals surface area contributed by atoms with Crippen LogP contribution in [-0.2, 0) is 11.2 Å². The van der Waals surface area contributed by atoms with Gasteiger partial charge in [-0.3, -0.25) is 19.9 Å². The number of para-hydroxylation sites is 1. The lowest BCUT2D eigenvalue weighted by Gasteiger charge is -2.28. The maximum absolute atomic E-state index is 13.3. The van der Waals surface area contributed by atoms with Gasteiger partial charge in [-0.05, 0) is 31.5 Å². The summed E-state index contributed by atoms with van der Waals surface area (Å²) in [5.41, 5.74) is 1.45. The van der Waals surface area contributed by atoms with Gasteiger partial charge in [0.2, 0.25) is 5.95 Å². The summed E-state index contributed by atoms with van der Waals surface area (Å²) >= 11 is 0. The zero-order valence-corrected chi connectivity index (χ0v) is 17.2. The third-order valence-corrected chi connectivity index (χ3v) is 5.05. The minimum absolute atomic E-state index is 0.0130. The van der Waals surface area contributed by atoms with Crippen LogP contribution in [0.1, 0.15) is 30.8 Å². The number of fused-ring (bicyclic) bond motifs is 1. The molecule has 1 aromatic carbocycles. The van der Waals surface area contributed by atoms with E-state index < -0.39 is 16.9 Å². The molecule has 2 aromatic heterocycles. The second-order valence-corrected chi connectivity index (χ2v) is 7.20. The third kappa shape index (κ3) is 4.05. The van der Waals surface area contributed by atoms with Gasteiger partial charge in [0.1, 0.15) is 6.04 Å². The highest BCUT2D eigenvalue weighted by atomic mass is 16.6. The van der Waals surface area contributed by atoms with Crippen molar-refractivity contribution in [2.45, 2.75) is 25.8 Å². The van der Waals surface area contributed by atoms with Crippen molar-refractivity contribution in [3.05, 3.63) is 81.6 Å². The van der Waals surface area contributed by atoms with E-state index in [0.29, 0.717) is 41.6 Å². The van der Waals surface area contributed by atoms with Crippen LogP contribution in [0.5, 0.6) is 0 Å². The van der Waals surface area contributed by atoms with Crippen LogP contribution in [0.15, 0.2) is 60.1 Å². The molecule has 4 rings (SSSR count). The lowest BCUT2D eigenvalue weighted by Crippen LogP contribution is -2.32. The van der Waals surface area contributed by atoms with E-state index in [1.165, 1.54) is 16.9 Å². The Hall–Kier alpha value is -4.12. The quantitative estimate of drug-likeness (QED) is 0.378. The number of benzene rings is 1. The number of hydrogen-bond donors (Lipinski definition) is 3. The number of pyridine rings is 1. The van der Waals surface area contributed by atoms with Crippen LogP contribution in [-0.4, -0.2) is 42.3 Å². The van der Waals surface area contributed by atoms with Gasteiger partial charge < -0.3 is 15.7 Å². The third-order valence-electron chi connectivity index (χ3n) is 5.05. The van der Waals surface area contributed by atoms with Gasteiger partial charge in [-0.2, -0.15) is 10.1 Å². The molecule has 3 N–H and O–H groups in total. The average Bonchev–Trinajstić information content (AvgIpc) is 3.19. The highest BCUT2D eigenvalue weighted by Gasteiger charge is 2.37. The number of aliphatic hydroxyl groups is 1. The highest BCUT2D eigenvalue weighted by Crippen LogP contribution is 2.39. The van der Waals surface area contributed by atoms with Crippen LogP contribution in [0.25, 0.3) is 0 Å². The smallest absolute Gasteiger partial charge is 0.275 e. The molecule has 0 saturated carbocycles. The molecule has 3 aromatic rings. The van der Waals surface area contributed by atoms with Crippen LogP contribution < -0.4 is 10.6 Å². The summed E-state index contributed by atoms with van der Waals surface area (Å²) in [6, 6.07) is 8.77. The SMILES string of the molecule is CC1=C(C(=O)Nc2cccnc2)C(c2ccccc2[N+](=O)[O-])n2nc(CCCO)nc2N1. The maximum Gasteiger partial charge on any atom is 0.275 e. The first-order chi connectivity index (χ1) is 15.5. The number of nitrogens with zero attached hydrogens (tertiary/aromatic N) is 5. The molecule has 0 bridgehead atoms. The van der Waals surface area contributed by atoms with Crippen LogP contribution in [0.4, 0.5) is 17.3 Å². The van der Waals surface area contributed by atoms with E-state index in [0.717, 1.165) is 0 Å². The topological polar surface area (TPSA) is 148 Å². The van der Waals surface area contributed by atoms with Crippen molar-refractivity contribution in [1.29, 1.82) is 0 Å². The van der Waals surface area contributed by atoms with Gasteiger partial charge in [0, 0.05) is 31.0 Å². The average molecular weight is 435 g/mol. The standard InChI is InChI=1S/C21H21N7O4/c1-13-18(20(30)24-14-6-4-10-22-12-14)19(15-7-2-3-8-16(15)28(31)32)27-21(23-13)25-17(26-27)9-5-11-29/h2-4,6-8,10,12,19,29H,5,9,11H2,1H3,(H,24,30)(H,23,25,26). The molecule has 1 aliphatic heterocycles. The first-order valence-electron chi connectivity index (χ1n) is 9.98. The lowest BCUT2D eigenvalue weighted by molar-refractivity contribution is -0.385. The summed E-state index contributed by atoms with van der Waals surface area (Å²) in [5.74, 6) is 0.396. The van der Waals surface area contributed by atoms with E-state index in [9.17, 15) is 14.9 Å². The highest BCUT2D eigenvalue weighted by molar-refractivity contribution is 6.06. The van der Waals surface area contributed by atoms with Crippen molar-refractivity contribution in [1.82, 2.24) is 19.7 Å². The fourth-order valence-electron chi connectivity index (χ4n) is 3.64. The Labute approximate surface area is 183 Å². The van der Waals surface area contributed by atoms with Gasteiger partial charge in [-0.15, -0.1) is 0 Å². The fraction of sp³-hybridized carbons (Fsp3) is 0.238. The van der Waals surface area contributed by atoms with Crippen molar-refractivity contribution in [2.75, 3.05) is 17.2 Å². The van der Waals surface area contributed by atoms with Gasteiger partial charge in [0.05, 0.1) is 27.9 Å². The number of aromatic nitrogens is 4. The Bertz CT molecular complexity index is 1190. The van der Waals surface area contributed by atoms with E-state index >= 15 is 0 Å². The van der Waals surface area contributed by atoms with Crippen molar-refractivity contribution in [2.24, 2.45) is 0 Å². The Kier molecular flexibility index (Phi) is 5.90. The second-order valence-electron chi connectivity index (χ2n) is 7.20. The molecular formula is C21H21N7O4. The van der Waals surface area contributed by atoms with Crippen molar-refractivity contribution >= 4 is 23.2 Å². The molecule has 1 aliphatic rings. The van der Waals surface area contributed by atoms with Crippen molar-refractivity contribution < 1.29 is 14.8 Å². The van der Waals surface area contributed by atoms with Crippen LogP contribution in [0.2, 0.25) is 0 Å². The summed E-state index contributed by atoms with van der Waals surface area (Å²) in [4.78, 5) is 33.1. The molecule has 11 heteroatoms. The summed E-state index contributed by atoms with van der Waals surface area (Å²) in [5, 5.41) is 31.3. The maximum atomic E-state index is 13.3. The lowest BCUT2D eigenvalue weighted by atomic mass is 9.93. The summed E-state index contributed by atoms with van der Waals surface area (Å²) < 4.78 is 1.49. The van der Waals surface area contributed by atoms with E-state index in [4.69, 9.17) is 5.11 Å². The number of aliphatic hydroxyl groups excluding tert-OH is 1. The Morgan fingerprint density at radius 3 is 2.84 bits per heavy atom. The summed E-state index contributed by atoms with van der Waals surface area (Å²) in [7, 11) is 0. The predicted octanol–water partition coefficient (Wildman–Crippen LogP) is 2.43. The van der Waals surface area contributed by atoms with E-state index in [-0.39, 0.29) is 17.9 Å². The normalized spacial score (nSPS) is 15.1. The molecule has 11 nitrogen and oxygen atoms in total. The largest absolute Gasteiger partial charge is 0.396 e. The number of nitro groups is 1. The number of allylic oxidation sites excluding steroid dienone is 1.